The van der Waals surface area contributed by atoms with Gasteiger partial charge in [-0.05, 0) is 0 Å². The number of likely N-dealkylation sites (N-methyl/N-ethyl adjacent to an activating group) is 1. The fourth-order valence-electron chi connectivity index (χ4n) is 0.795. The van der Waals surface area contributed by atoms with Gasteiger partial charge in [0.15, 0.2) is 6.79 Å². The van der Waals surface area contributed by atoms with Crippen LogP contribution in [0.15, 0.2) is 11.8 Å². The summed E-state index contributed by atoms with van der Waals surface area (Å²) in [6.07, 6.45) is 2.09. The monoisotopic (exact) mass is 285 g/mol. The van der Waals surface area contributed by atoms with E-state index in [0.717, 1.165) is 16.8 Å². The van der Waals surface area contributed by atoms with Crippen molar-refractivity contribution in [3.05, 3.63) is 11.8 Å². The Morgan fingerprint density at radius 2 is 2.08 bits per heavy atom. The van der Waals surface area contributed by atoms with E-state index in [1.165, 1.54) is 0 Å². The normalized spacial score (nSPS) is 20.4. The SMILES string of the molecule is C[N+](C)(C)C/C=C1/COCO1.[I-]. The van der Waals surface area contributed by atoms with Crippen LogP contribution in [-0.2, 0) is 9.47 Å². The zero-order valence-electron chi connectivity index (χ0n) is 7.84. The van der Waals surface area contributed by atoms with E-state index in [2.05, 4.69) is 27.2 Å². The van der Waals surface area contributed by atoms with Gasteiger partial charge < -0.3 is 37.9 Å². The van der Waals surface area contributed by atoms with Gasteiger partial charge in [0.1, 0.15) is 18.9 Å². The molecule has 0 amide bonds. The Bertz CT molecular complexity index is 155. The van der Waals surface area contributed by atoms with Crippen molar-refractivity contribution in [1.82, 2.24) is 0 Å². The predicted molar refractivity (Wildman–Crippen MR) is 42.9 cm³/mol. The summed E-state index contributed by atoms with van der Waals surface area (Å²) in [5, 5.41) is 0. The van der Waals surface area contributed by atoms with E-state index in [4.69, 9.17) is 9.47 Å². The lowest BCUT2D eigenvalue weighted by Gasteiger charge is -2.21. The third-order valence-corrected chi connectivity index (χ3v) is 1.44. The Kier molecular flexibility index (Phi) is 5.12. The summed E-state index contributed by atoms with van der Waals surface area (Å²) in [5.41, 5.74) is 0. The number of nitrogens with zero attached hydrogens (tertiary/aromatic N) is 1. The predicted octanol–water partition coefficient (Wildman–Crippen LogP) is -2.42. The van der Waals surface area contributed by atoms with Crippen molar-refractivity contribution in [2.24, 2.45) is 0 Å². The maximum Gasteiger partial charge on any atom is 0.189 e. The molecule has 3 nitrogen and oxygen atoms in total. The molecule has 4 heteroatoms. The van der Waals surface area contributed by atoms with Gasteiger partial charge in [-0.25, -0.2) is 0 Å². The van der Waals surface area contributed by atoms with Crippen LogP contribution in [0, 0.1) is 0 Å². The molecule has 0 radical (unpaired) electrons. The van der Waals surface area contributed by atoms with Crippen LogP contribution in [0.1, 0.15) is 0 Å². The number of rotatable bonds is 2. The number of halogens is 1. The molecule has 0 aliphatic carbocycles. The van der Waals surface area contributed by atoms with Crippen molar-refractivity contribution in [2.45, 2.75) is 0 Å². The smallest absolute Gasteiger partial charge is 0.189 e. The molecule has 1 aliphatic rings. The maximum absolute atomic E-state index is 5.18. The van der Waals surface area contributed by atoms with Crippen LogP contribution in [-0.4, -0.2) is 45.6 Å². The largest absolute Gasteiger partial charge is 1.00 e. The highest BCUT2D eigenvalue weighted by Gasteiger charge is 2.10. The number of ether oxygens (including phenoxy) is 2. The van der Waals surface area contributed by atoms with Crippen molar-refractivity contribution < 1.29 is 37.9 Å². The molecule has 1 aliphatic heterocycles. The van der Waals surface area contributed by atoms with Gasteiger partial charge in [0.05, 0.1) is 21.1 Å². The summed E-state index contributed by atoms with van der Waals surface area (Å²) in [6, 6.07) is 0. The first-order chi connectivity index (χ1) is 5.08. The van der Waals surface area contributed by atoms with E-state index in [-0.39, 0.29) is 24.0 Å². The summed E-state index contributed by atoms with van der Waals surface area (Å²) in [7, 11) is 6.44. The summed E-state index contributed by atoms with van der Waals surface area (Å²) < 4.78 is 11.1. The molecular weight excluding hydrogens is 269 g/mol. The molecule has 0 aromatic heterocycles. The van der Waals surface area contributed by atoms with Gasteiger partial charge >= 0.3 is 0 Å². The highest BCUT2D eigenvalue weighted by Crippen LogP contribution is 2.07. The van der Waals surface area contributed by atoms with E-state index in [9.17, 15) is 0 Å². The van der Waals surface area contributed by atoms with Gasteiger partial charge in [-0.2, -0.15) is 0 Å². The van der Waals surface area contributed by atoms with Crippen LogP contribution < -0.4 is 24.0 Å². The van der Waals surface area contributed by atoms with Gasteiger partial charge in [-0.15, -0.1) is 0 Å². The molecule has 1 rings (SSSR count). The van der Waals surface area contributed by atoms with Crippen LogP contribution in [0.4, 0.5) is 0 Å². The van der Waals surface area contributed by atoms with Crippen LogP contribution in [0.3, 0.4) is 0 Å². The van der Waals surface area contributed by atoms with E-state index >= 15 is 0 Å². The Morgan fingerprint density at radius 1 is 1.42 bits per heavy atom. The minimum Gasteiger partial charge on any atom is -1.00 e. The maximum atomic E-state index is 5.18. The summed E-state index contributed by atoms with van der Waals surface area (Å²) in [5.74, 6) is 0.970. The average Bonchev–Trinajstić information content (AvgIpc) is 2.32. The highest BCUT2D eigenvalue weighted by molar-refractivity contribution is 4.95. The van der Waals surface area contributed by atoms with Gasteiger partial charge in [-0.1, -0.05) is 0 Å². The Labute approximate surface area is 90.9 Å². The quantitative estimate of drug-likeness (QED) is 0.415. The molecule has 0 bridgehead atoms. The van der Waals surface area contributed by atoms with Crippen molar-refractivity contribution in [1.29, 1.82) is 0 Å². The molecule has 1 saturated heterocycles. The van der Waals surface area contributed by atoms with E-state index < -0.39 is 0 Å². The van der Waals surface area contributed by atoms with Crippen LogP contribution in [0.5, 0.6) is 0 Å². The molecule has 1 heterocycles. The van der Waals surface area contributed by atoms with Crippen LogP contribution >= 0.6 is 0 Å². The second-order valence-corrected chi connectivity index (χ2v) is 3.75. The third kappa shape index (κ3) is 4.95. The Balaban J connectivity index is 0.00000121. The first kappa shape index (κ1) is 12.2. The summed E-state index contributed by atoms with van der Waals surface area (Å²) in [4.78, 5) is 0. The highest BCUT2D eigenvalue weighted by atomic mass is 127. The lowest BCUT2D eigenvalue weighted by Crippen LogP contribution is -3.00. The van der Waals surface area contributed by atoms with Crippen LogP contribution in [0.2, 0.25) is 0 Å². The molecule has 0 aromatic rings. The second-order valence-electron chi connectivity index (χ2n) is 3.75. The minimum atomic E-state index is 0. The molecule has 0 atom stereocenters. The molecule has 12 heavy (non-hydrogen) atoms. The summed E-state index contributed by atoms with van der Waals surface area (Å²) in [6.45, 7) is 2.04. The van der Waals surface area contributed by atoms with Gasteiger partial charge in [0.25, 0.3) is 0 Å². The second kappa shape index (κ2) is 5.04. The van der Waals surface area contributed by atoms with Crippen molar-refractivity contribution in [3.63, 3.8) is 0 Å². The van der Waals surface area contributed by atoms with E-state index in [1.54, 1.807) is 0 Å². The molecule has 0 N–H and O–H groups in total. The average molecular weight is 285 g/mol. The van der Waals surface area contributed by atoms with Crippen molar-refractivity contribution >= 4 is 0 Å². The molecule has 1 fully saturated rings. The molecule has 0 aromatic carbocycles. The zero-order valence-corrected chi connectivity index (χ0v) is 10.00. The molecule has 0 spiro atoms. The number of hydrogen-bond acceptors (Lipinski definition) is 2. The summed E-state index contributed by atoms with van der Waals surface area (Å²) >= 11 is 0. The number of quaternary nitrogens is 1. The third-order valence-electron chi connectivity index (χ3n) is 1.44. The van der Waals surface area contributed by atoms with Crippen molar-refractivity contribution in [3.8, 4) is 0 Å². The first-order valence-electron chi connectivity index (χ1n) is 3.78. The van der Waals surface area contributed by atoms with Gasteiger partial charge in [0.2, 0.25) is 0 Å². The fraction of sp³-hybridized carbons (Fsp3) is 0.750. The fourth-order valence-corrected chi connectivity index (χ4v) is 0.795. The lowest BCUT2D eigenvalue weighted by molar-refractivity contribution is -0.864. The number of hydrogen-bond donors (Lipinski definition) is 0. The topological polar surface area (TPSA) is 18.5 Å². The van der Waals surface area contributed by atoms with Gasteiger partial charge in [-0.3, -0.25) is 0 Å². The van der Waals surface area contributed by atoms with E-state index in [1.807, 2.05) is 0 Å². The molecule has 0 unspecified atom stereocenters. The lowest BCUT2D eigenvalue weighted by atomic mass is 10.4. The van der Waals surface area contributed by atoms with Gasteiger partial charge in [0, 0.05) is 6.08 Å². The van der Waals surface area contributed by atoms with Crippen molar-refractivity contribution in [2.75, 3.05) is 41.1 Å². The standard InChI is InChI=1S/C8H16NO2.HI/c1-9(2,3)5-4-8-6-10-7-11-8;/h4H,5-7H2,1-3H3;1H/q+1;/p-1/b8-4-;. The molecular formula is C8H16INO2. The van der Waals surface area contributed by atoms with Crippen LogP contribution in [0.25, 0.3) is 0 Å². The minimum absolute atomic E-state index is 0. The molecule has 0 saturated carbocycles. The Morgan fingerprint density at radius 3 is 2.50 bits per heavy atom. The van der Waals surface area contributed by atoms with E-state index in [0.29, 0.717) is 13.4 Å². The Hall–Kier alpha value is 0.190. The first-order valence-corrected chi connectivity index (χ1v) is 3.78. The molecule has 72 valence electrons. The zero-order chi connectivity index (χ0) is 8.32.